The van der Waals surface area contributed by atoms with E-state index in [0.29, 0.717) is 6.10 Å². The van der Waals surface area contributed by atoms with Crippen molar-refractivity contribution in [2.24, 2.45) is 11.3 Å². The summed E-state index contributed by atoms with van der Waals surface area (Å²) in [6.07, 6.45) is 9.38. The van der Waals surface area contributed by atoms with Crippen LogP contribution in [-0.2, 0) is 4.74 Å². The van der Waals surface area contributed by atoms with Gasteiger partial charge in [0.25, 0.3) is 0 Å². The topological polar surface area (TPSA) is 9.23 Å². The minimum absolute atomic E-state index is 0.707. The fourth-order valence-electron chi connectivity index (χ4n) is 3.46. The molecule has 3 fully saturated rings. The lowest BCUT2D eigenvalue weighted by Gasteiger charge is -2.07. The monoisotopic (exact) mass is 152 g/mol. The predicted octanol–water partition coefficient (Wildman–Crippen LogP) is 2.36. The molecule has 3 aliphatic rings. The SMILES string of the molecule is C1COC2C(C1)C21CCCC1. The zero-order valence-corrected chi connectivity index (χ0v) is 7.01. The molecule has 2 aliphatic carbocycles. The molecule has 0 aromatic carbocycles. The van der Waals surface area contributed by atoms with Crippen molar-refractivity contribution in [3.63, 3.8) is 0 Å². The Labute approximate surface area is 68.1 Å². The Bertz CT molecular complexity index is 156. The molecule has 1 nitrogen and oxygen atoms in total. The summed E-state index contributed by atoms with van der Waals surface area (Å²) in [4.78, 5) is 0. The van der Waals surface area contributed by atoms with Gasteiger partial charge in [-0.1, -0.05) is 12.8 Å². The average Bonchev–Trinajstić information content (AvgIpc) is 2.43. The van der Waals surface area contributed by atoms with Gasteiger partial charge in [0, 0.05) is 12.0 Å². The van der Waals surface area contributed by atoms with Crippen LogP contribution in [0.1, 0.15) is 38.5 Å². The van der Waals surface area contributed by atoms with Gasteiger partial charge in [0.15, 0.2) is 0 Å². The lowest BCUT2D eigenvalue weighted by atomic mass is 10.00. The van der Waals surface area contributed by atoms with Crippen LogP contribution in [0.25, 0.3) is 0 Å². The summed E-state index contributed by atoms with van der Waals surface area (Å²) in [5, 5.41) is 0. The Kier molecular flexibility index (Phi) is 1.18. The highest BCUT2D eigenvalue weighted by molar-refractivity contribution is 5.15. The molecule has 0 N–H and O–H groups in total. The molecule has 0 radical (unpaired) electrons. The van der Waals surface area contributed by atoms with Gasteiger partial charge in [-0.15, -0.1) is 0 Å². The van der Waals surface area contributed by atoms with Gasteiger partial charge < -0.3 is 4.74 Å². The highest BCUT2D eigenvalue weighted by Crippen LogP contribution is 2.67. The minimum atomic E-state index is 0.707. The van der Waals surface area contributed by atoms with Gasteiger partial charge in [-0.3, -0.25) is 0 Å². The molecule has 0 aromatic heterocycles. The lowest BCUT2D eigenvalue weighted by Crippen LogP contribution is -2.07. The molecule has 11 heavy (non-hydrogen) atoms. The van der Waals surface area contributed by atoms with E-state index in [4.69, 9.17) is 4.74 Å². The molecular weight excluding hydrogens is 136 g/mol. The zero-order chi connectivity index (χ0) is 7.31. The van der Waals surface area contributed by atoms with E-state index in [9.17, 15) is 0 Å². The van der Waals surface area contributed by atoms with E-state index in [1.807, 2.05) is 0 Å². The smallest absolute Gasteiger partial charge is 0.0669 e. The fourth-order valence-corrected chi connectivity index (χ4v) is 3.46. The maximum Gasteiger partial charge on any atom is 0.0669 e. The van der Waals surface area contributed by atoms with Crippen LogP contribution in [0.4, 0.5) is 0 Å². The van der Waals surface area contributed by atoms with E-state index in [0.717, 1.165) is 17.9 Å². The summed E-state index contributed by atoms with van der Waals surface area (Å²) in [6.45, 7) is 1.04. The second kappa shape index (κ2) is 2.01. The van der Waals surface area contributed by atoms with Gasteiger partial charge >= 0.3 is 0 Å². The Morgan fingerprint density at radius 1 is 1.09 bits per heavy atom. The predicted molar refractivity (Wildman–Crippen MR) is 43.4 cm³/mol. The standard InChI is InChI=1S/C10H16O/c1-2-6-10(5-1)8-4-3-7-11-9(8)10/h8-9H,1-7H2. The van der Waals surface area contributed by atoms with Crippen LogP contribution in [0.15, 0.2) is 0 Å². The van der Waals surface area contributed by atoms with E-state index < -0.39 is 0 Å². The van der Waals surface area contributed by atoms with Crippen LogP contribution in [-0.4, -0.2) is 12.7 Å². The Morgan fingerprint density at radius 2 is 1.91 bits per heavy atom. The summed E-state index contributed by atoms with van der Waals surface area (Å²) < 4.78 is 5.79. The Morgan fingerprint density at radius 3 is 2.55 bits per heavy atom. The largest absolute Gasteiger partial charge is 0.377 e. The van der Waals surface area contributed by atoms with Gasteiger partial charge in [0.2, 0.25) is 0 Å². The molecule has 1 heterocycles. The van der Waals surface area contributed by atoms with Crippen LogP contribution in [0.5, 0.6) is 0 Å². The summed E-state index contributed by atoms with van der Waals surface area (Å²) in [6, 6.07) is 0. The third-order valence-corrected chi connectivity index (χ3v) is 4.05. The van der Waals surface area contributed by atoms with E-state index in [-0.39, 0.29) is 0 Å². The molecule has 2 atom stereocenters. The van der Waals surface area contributed by atoms with Crippen LogP contribution in [0.2, 0.25) is 0 Å². The summed E-state index contributed by atoms with van der Waals surface area (Å²) in [5.74, 6) is 0.985. The van der Waals surface area contributed by atoms with Crippen LogP contribution in [0, 0.1) is 11.3 Å². The number of fused-ring (bicyclic) bond motifs is 3. The second-order valence-corrected chi connectivity index (χ2v) is 4.48. The molecule has 1 spiro atoms. The quantitative estimate of drug-likeness (QED) is 0.517. The Hall–Kier alpha value is -0.0400. The minimum Gasteiger partial charge on any atom is -0.377 e. The summed E-state index contributed by atoms with van der Waals surface area (Å²) >= 11 is 0. The summed E-state index contributed by atoms with van der Waals surface area (Å²) in [7, 11) is 0. The zero-order valence-electron chi connectivity index (χ0n) is 7.01. The first kappa shape index (κ1) is 6.47. The normalized spacial score (nSPS) is 45.8. The van der Waals surface area contributed by atoms with Gasteiger partial charge in [-0.05, 0) is 31.6 Å². The first-order chi connectivity index (χ1) is 5.43. The number of ether oxygens (including phenoxy) is 1. The van der Waals surface area contributed by atoms with E-state index in [1.165, 1.54) is 38.5 Å². The van der Waals surface area contributed by atoms with Crippen molar-refractivity contribution in [1.82, 2.24) is 0 Å². The van der Waals surface area contributed by atoms with Crippen molar-refractivity contribution in [3.8, 4) is 0 Å². The van der Waals surface area contributed by atoms with E-state index >= 15 is 0 Å². The highest BCUT2D eigenvalue weighted by Gasteiger charge is 2.66. The third-order valence-electron chi connectivity index (χ3n) is 4.05. The number of hydrogen-bond donors (Lipinski definition) is 0. The van der Waals surface area contributed by atoms with Crippen LogP contribution >= 0.6 is 0 Å². The van der Waals surface area contributed by atoms with Crippen LogP contribution in [0.3, 0.4) is 0 Å². The fraction of sp³-hybridized carbons (Fsp3) is 1.00. The van der Waals surface area contributed by atoms with Crippen molar-refractivity contribution in [3.05, 3.63) is 0 Å². The van der Waals surface area contributed by atoms with Gasteiger partial charge in [0.05, 0.1) is 6.10 Å². The summed E-state index contributed by atoms with van der Waals surface area (Å²) in [5.41, 5.74) is 0.719. The van der Waals surface area contributed by atoms with Gasteiger partial charge in [-0.2, -0.15) is 0 Å². The maximum atomic E-state index is 5.79. The van der Waals surface area contributed by atoms with Crippen molar-refractivity contribution < 1.29 is 4.74 Å². The molecular formula is C10H16O. The Balaban J connectivity index is 1.80. The molecule has 0 amide bonds. The van der Waals surface area contributed by atoms with Gasteiger partial charge in [-0.25, -0.2) is 0 Å². The number of hydrogen-bond acceptors (Lipinski definition) is 1. The lowest BCUT2D eigenvalue weighted by molar-refractivity contribution is 0.0670. The third kappa shape index (κ3) is 0.703. The van der Waals surface area contributed by atoms with Crippen molar-refractivity contribution in [2.45, 2.75) is 44.6 Å². The van der Waals surface area contributed by atoms with Crippen molar-refractivity contribution >= 4 is 0 Å². The number of rotatable bonds is 0. The second-order valence-electron chi connectivity index (χ2n) is 4.48. The van der Waals surface area contributed by atoms with Crippen LogP contribution < -0.4 is 0 Å². The molecule has 0 bridgehead atoms. The molecule has 2 saturated carbocycles. The highest BCUT2D eigenvalue weighted by atomic mass is 16.5. The molecule has 2 unspecified atom stereocenters. The first-order valence-corrected chi connectivity index (χ1v) is 5.05. The molecule has 62 valence electrons. The molecule has 1 heteroatoms. The molecule has 1 saturated heterocycles. The molecule has 0 aromatic rings. The van der Waals surface area contributed by atoms with E-state index in [1.54, 1.807) is 0 Å². The van der Waals surface area contributed by atoms with E-state index in [2.05, 4.69) is 0 Å². The van der Waals surface area contributed by atoms with Crippen molar-refractivity contribution in [2.75, 3.05) is 6.61 Å². The maximum absolute atomic E-state index is 5.79. The van der Waals surface area contributed by atoms with Gasteiger partial charge in [0.1, 0.15) is 0 Å². The molecule has 3 rings (SSSR count). The molecule has 1 aliphatic heterocycles. The van der Waals surface area contributed by atoms with Crippen molar-refractivity contribution in [1.29, 1.82) is 0 Å². The first-order valence-electron chi connectivity index (χ1n) is 5.05. The average molecular weight is 152 g/mol.